The second kappa shape index (κ2) is 9.66. The molecule has 1 aromatic heterocycles. The van der Waals surface area contributed by atoms with E-state index < -0.39 is 17.1 Å². The summed E-state index contributed by atoms with van der Waals surface area (Å²) in [5.41, 5.74) is 1.17. The van der Waals surface area contributed by atoms with Crippen molar-refractivity contribution in [3.63, 3.8) is 0 Å². The van der Waals surface area contributed by atoms with Crippen LogP contribution in [0.3, 0.4) is 0 Å². The molecule has 172 valence electrons. The Morgan fingerprint density at radius 2 is 1.82 bits per heavy atom. The summed E-state index contributed by atoms with van der Waals surface area (Å²) in [4.78, 5) is 52.2. The molecule has 8 nitrogen and oxygen atoms in total. The van der Waals surface area contributed by atoms with Crippen molar-refractivity contribution in [1.29, 1.82) is 0 Å². The molecule has 0 unspecified atom stereocenters. The van der Waals surface area contributed by atoms with Gasteiger partial charge in [0.2, 0.25) is 5.91 Å². The number of nitrogens with zero attached hydrogens (tertiary/aromatic N) is 2. The van der Waals surface area contributed by atoms with Crippen LogP contribution >= 0.6 is 11.8 Å². The highest BCUT2D eigenvalue weighted by Crippen LogP contribution is 2.33. The normalized spacial score (nSPS) is 18.3. The first-order valence-corrected chi connectivity index (χ1v) is 11.5. The van der Waals surface area contributed by atoms with E-state index in [2.05, 4.69) is 6.92 Å². The number of ether oxygens (including phenoxy) is 1. The molecule has 0 spiro atoms. The Balaban J connectivity index is 1.43. The number of hydrogen-bond acceptors (Lipinski definition) is 7. The smallest absolute Gasteiger partial charge is 0.337 e. The van der Waals surface area contributed by atoms with Gasteiger partial charge in [-0.2, -0.15) is 0 Å². The maximum atomic E-state index is 12.8. The molecule has 9 heteroatoms. The van der Waals surface area contributed by atoms with Gasteiger partial charge in [-0.3, -0.25) is 19.3 Å². The number of carbonyl (C=O) groups excluding carboxylic acids is 4. The third-order valence-corrected chi connectivity index (χ3v) is 6.70. The van der Waals surface area contributed by atoms with Crippen LogP contribution in [0, 0.1) is 5.92 Å². The molecule has 1 aromatic carbocycles. The third kappa shape index (κ3) is 5.03. The summed E-state index contributed by atoms with van der Waals surface area (Å²) < 4.78 is 10.5. The van der Waals surface area contributed by atoms with Crippen molar-refractivity contribution < 1.29 is 28.3 Å². The highest BCUT2D eigenvalue weighted by atomic mass is 32.2. The minimum absolute atomic E-state index is 0.207. The van der Waals surface area contributed by atoms with Gasteiger partial charge in [0.25, 0.3) is 11.1 Å². The van der Waals surface area contributed by atoms with Gasteiger partial charge in [0, 0.05) is 24.7 Å². The zero-order chi connectivity index (χ0) is 23.5. The summed E-state index contributed by atoms with van der Waals surface area (Å²) >= 11 is 0.795. The van der Waals surface area contributed by atoms with E-state index >= 15 is 0 Å². The summed E-state index contributed by atoms with van der Waals surface area (Å²) in [6, 6.07) is 10.2. The van der Waals surface area contributed by atoms with Crippen LogP contribution in [0.25, 0.3) is 17.4 Å². The maximum Gasteiger partial charge on any atom is 0.337 e. The van der Waals surface area contributed by atoms with Gasteiger partial charge >= 0.3 is 5.97 Å². The molecule has 0 saturated carbocycles. The largest absolute Gasteiger partial charge is 0.465 e. The molecule has 0 atom stereocenters. The number of thioether (sulfide) groups is 1. The predicted molar refractivity (Wildman–Crippen MR) is 123 cm³/mol. The van der Waals surface area contributed by atoms with Crippen LogP contribution in [0.5, 0.6) is 0 Å². The maximum absolute atomic E-state index is 12.8. The molecule has 3 heterocycles. The number of imide groups is 1. The van der Waals surface area contributed by atoms with Crippen molar-refractivity contribution in [2.24, 2.45) is 5.92 Å². The van der Waals surface area contributed by atoms with Crippen LogP contribution < -0.4 is 0 Å². The standard InChI is InChI=1S/C24H24N2O6S/c1-15-9-11-25(12-10-15)21(27)14-26-22(28)20(33-24(26)30)13-18-7-8-19(32-18)16-3-5-17(6-4-16)23(29)31-2/h3-8,13,15H,9-12,14H2,1-2H3/b20-13+. The predicted octanol–water partition coefficient (Wildman–Crippen LogP) is 4.03. The molecule has 2 aliphatic rings. The number of rotatable bonds is 5. The molecule has 2 saturated heterocycles. The molecule has 3 amide bonds. The lowest BCUT2D eigenvalue weighted by atomic mass is 9.99. The highest BCUT2D eigenvalue weighted by molar-refractivity contribution is 8.18. The number of esters is 1. The van der Waals surface area contributed by atoms with Crippen molar-refractivity contribution in [2.45, 2.75) is 19.8 Å². The number of furan rings is 1. The zero-order valence-corrected chi connectivity index (χ0v) is 19.2. The van der Waals surface area contributed by atoms with Gasteiger partial charge in [0.15, 0.2) is 0 Å². The lowest BCUT2D eigenvalue weighted by Gasteiger charge is -2.31. The number of amides is 3. The lowest BCUT2D eigenvalue weighted by molar-refractivity contribution is -0.136. The first kappa shape index (κ1) is 22.8. The number of benzene rings is 1. The van der Waals surface area contributed by atoms with Crippen molar-refractivity contribution >= 4 is 40.9 Å². The van der Waals surface area contributed by atoms with Crippen molar-refractivity contribution in [2.75, 3.05) is 26.7 Å². The minimum Gasteiger partial charge on any atom is -0.465 e. The monoisotopic (exact) mass is 468 g/mol. The van der Waals surface area contributed by atoms with E-state index in [0.717, 1.165) is 35.1 Å². The van der Waals surface area contributed by atoms with Crippen LogP contribution in [0.4, 0.5) is 4.79 Å². The summed E-state index contributed by atoms with van der Waals surface area (Å²) in [6.45, 7) is 3.22. The molecule has 33 heavy (non-hydrogen) atoms. The van der Waals surface area contributed by atoms with Crippen LogP contribution in [-0.2, 0) is 14.3 Å². The number of hydrogen-bond donors (Lipinski definition) is 0. The SMILES string of the molecule is COC(=O)c1ccc(-c2ccc(/C=C3/SC(=O)N(CC(=O)N4CCC(C)CC4)C3=O)o2)cc1. The van der Waals surface area contributed by atoms with E-state index in [9.17, 15) is 19.2 Å². The lowest BCUT2D eigenvalue weighted by Crippen LogP contribution is -2.45. The third-order valence-electron chi connectivity index (χ3n) is 5.79. The molecule has 2 aliphatic heterocycles. The van der Waals surface area contributed by atoms with Crippen LogP contribution in [0.2, 0.25) is 0 Å². The van der Waals surface area contributed by atoms with Gasteiger partial charge in [-0.25, -0.2) is 4.79 Å². The molecule has 0 N–H and O–H groups in total. The fourth-order valence-corrected chi connectivity index (χ4v) is 4.55. The Hall–Kier alpha value is -3.33. The minimum atomic E-state index is -0.496. The Morgan fingerprint density at radius 1 is 1.12 bits per heavy atom. The molecule has 4 rings (SSSR count). The second-order valence-electron chi connectivity index (χ2n) is 8.10. The molecule has 2 aromatic rings. The van der Waals surface area contributed by atoms with E-state index in [1.807, 2.05) is 0 Å². The van der Waals surface area contributed by atoms with Crippen LogP contribution in [0.15, 0.2) is 45.7 Å². The van der Waals surface area contributed by atoms with Crippen molar-refractivity contribution in [3.8, 4) is 11.3 Å². The van der Waals surface area contributed by atoms with Gasteiger partial charge in [-0.15, -0.1) is 0 Å². The Labute approximate surface area is 195 Å². The number of piperidine rings is 1. The number of carbonyl (C=O) groups is 4. The summed E-state index contributed by atoms with van der Waals surface area (Å²) in [5.74, 6) is 0.407. The fourth-order valence-electron chi connectivity index (χ4n) is 3.73. The molecule has 2 fully saturated rings. The topological polar surface area (TPSA) is 97.1 Å². The average molecular weight is 469 g/mol. The van der Waals surface area contributed by atoms with E-state index in [-0.39, 0.29) is 17.4 Å². The first-order valence-electron chi connectivity index (χ1n) is 10.7. The van der Waals surface area contributed by atoms with Crippen LogP contribution in [0.1, 0.15) is 35.9 Å². The number of likely N-dealkylation sites (tertiary alicyclic amines) is 1. The molecule has 0 bridgehead atoms. The van der Waals surface area contributed by atoms with Gasteiger partial charge in [0.1, 0.15) is 18.1 Å². The Morgan fingerprint density at radius 3 is 2.48 bits per heavy atom. The zero-order valence-electron chi connectivity index (χ0n) is 18.4. The van der Waals surface area contributed by atoms with Crippen molar-refractivity contribution in [1.82, 2.24) is 9.80 Å². The molecule has 0 aliphatic carbocycles. The Bertz CT molecular complexity index is 1110. The van der Waals surface area contributed by atoms with Crippen LogP contribution in [-0.4, -0.2) is 59.6 Å². The second-order valence-corrected chi connectivity index (χ2v) is 9.10. The van der Waals surface area contributed by atoms with E-state index in [4.69, 9.17) is 9.15 Å². The van der Waals surface area contributed by atoms with E-state index in [1.54, 1.807) is 41.3 Å². The molecule has 0 radical (unpaired) electrons. The first-order chi connectivity index (χ1) is 15.9. The van der Waals surface area contributed by atoms with E-state index in [1.165, 1.54) is 13.2 Å². The van der Waals surface area contributed by atoms with Gasteiger partial charge < -0.3 is 14.1 Å². The van der Waals surface area contributed by atoms with Gasteiger partial charge in [0.05, 0.1) is 17.6 Å². The Kier molecular flexibility index (Phi) is 6.69. The summed E-state index contributed by atoms with van der Waals surface area (Å²) in [6.07, 6.45) is 3.36. The van der Waals surface area contributed by atoms with Gasteiger partial charge in [-0.1, -0.05) is 19.1 Å². The van der Waals surface area contributed by atoms with Crippen molar-refractivity contribution in [3.05, 3.63) is 52.6 Å². The van der Waals surface area contributed by atoms with Gasteiger partial charge in [-0.05, 0) is 54.8 Å². The molecular formula is C24H24N2O6S. The summed E-state index contributed by atoms with van der Waals surface area (Å²) in [5, 5.41) is -0.463. The highest BCUT2D eigenvalue weighted by Gasteiger charge is 2.37. The fraction of sp³-hybridized carbons (Fsp3) is 0.333. The quantitative estimate of drug-likeness (QED) is 0.483. The molecular weight excluding hydrogens is 444 g/mol. The average Bonchev–Trinajstić information content (AvgIpc) is 3.39. The summed E-state index contributed by atoms with van der Waals surface area (Å²) in [7, 11) is 1.32. The van der Waals surface area contributed by atoms with E-state index in [0.29, 0.717) is 36.1 Å². The number of methoxy groups -OCH3 is 1.